The van der Waals surface area contributed by atoms with E-state index in [-0.39, 0.29) is 5.92 Å². The predicted octanol–water partition coefficient (Wildman–Crippen LogP) is 3.43. The maximum absolute atomic E-state index is 10.5. The molecule has 0 saturated carbocycles. The summed E-state index contributed by atoms with van der Waals surface area (Å²) in [5.41, 5.74) is 3.30. The number of aryl methyl sites for hydroxylation is 2. The number of aliphatic hydroxyl groups is 1. The van der Waals surface area contributed by atoms with Gasteiger partial charge in [0.1, 0.15) is 0 Å². The zero-order valence-electron chi connectivity index (χ0n) is 10.6. The van der Waals surface area contributed by atoms with Crippen LogP contribution in [0.3, 0.4) is 0 Å². The summed E-state index contributed by atoms with van der Waals surface area (Å²) in [5.74, 6) is 0.245. The summed E-state index contributed by atoms with van der Waals surface area (Å²) in [6.07, 6.45) is 4.99. The monoisotopic (exact) mass is 218 g/mol. The molecule has 1 N–H and O–H groups in total. The van der Waals surface area contributed by atoms with Crippen molar-refractivity contribution in [2.75, 3.05) is 0 Å². The summed E-state index contributed by atoms with van der Waals surface area (Å²) in [4.78, 5) is 0. The van der Waals surface area contributed by atoms with E-state index in [0.29, 0.717) is 0 Å². The zero-order chi connectivity index (χ0) is 11.8. The molecule has 1 unspecified atom stereocenters. The zero-order valence-corrected chi connectivity index (χ0v) is 10.6. The Morgan fingerprint density at radius 1 is 1.12 bits per heavy atom. The fraction of sp³-hybridized carbons (Fsp3) is 0.600. The Balaban J connectivity index is 2.37. The lowest BCUT2D eigenvalue weighted by Gasteiger charge is -2.29. The summed E-state index contributed by atoms with van der Waals surface area (Å²) in [5, 5.41) is 10.5. The highest BCUT2D eigenvalue weighted by molar-refractivity contribution is 5.36. The van der Waals surface area contributed by atoms with Crippen molar-refractivity contribution in [3.8, 4) is 0 Å². The second-order valence-electron chi connectivity index (χ2n) is 5.49. The van der Waals surface area contributed by atoms with E-state index < -0.39 is 5.60 Å². The van der Waals surface area contributed by atoms with Crippen molar-refractivity contribution in [3.63, 3.8) is 0 Å². The highest BCUT2D eigenvalue weighted by Crippen LogP contribution is 2.32. The van der Waals surface area contributed by atoms with E-state index in [0.717, 1.165) is 5.56 Å². The Morgan fingerprint density at radius 2 is 1.75 bits per heavy atom. The fourth-order valence-corrected chi connectivity index (χ4v) is 2.38. The molecule has 1 aliphatic rings. The Hall–Kier alpha value is -0.820. The third kappa shape index (κ3) is 2.01. The molecule has 1 nitrogen and oxygen atoms in total. The first-order valence-corrected chi connectivity index (χ1v) is 6.36. The van der Waals surface area contributed by atoms with E-state index in [1.165, 1.54) is 36.8 Å². The standard InChI is InChI=1S/C15H22O/c1-11(2)15(3,16)14-9-8-12-6-4-5-7-13(12)10-14/h8-11,16H,4-7H2,1-3H3. The molecule has 0 amide bonds. The summed E-state index contributed by atoms with van der Waals surface area (Å²) in [6, 6.07) is 6.53. The fourth-order valence-electron chi connectivity index (χ4n) is 2.38. The second kappa shape index (κ2) is 4.21. The van der Waals surface area contributed by atoms with Crippen molar-refractivity contribution in [2.45, 2.75) is 52.1 Å². The highest BCUT2D eigenvalue weighted by atomic mass is 16.3. The first kappa shape index (κ1) is 11.7. The second-order valence-corrected chi connectivity index (χ2v) is 5.49. The lowest BCUT2D eigenvalue weighted by Crippen LogP contribution is -2.28. The lowest BCUT2D eigenvalue weighted by molar-refractivity contribution is 0.00896. The van der Waals surface area contributed by atoms with Crippen LogP contribution in [0, 0.1) is 5.92 Å². The third-order valence-electron chi connectivity index (χ3n) is 4.06. The minimum atomic E-state index is -0.702. The molecule has 88 valence electrons. The number of hydrogen-bond donors (Lipinski definition) is 1. The summed E-state index contributed by atoms with van der Waals surface area (Å²) >= 11 is 0. The van der Waals surface area contributed by atoms with Gasteiger partial charge in [-0.3, -0.25) is 0 Å². The van der Waals surface area contributed by atoms with Crippen LogP contribution < -0.4 is 0 Å². The Kier molecular flexibility index (Phi) is 3.07. The van der Waals surface area contributed by atoms with Gasteiger partial charge < -0.3 is 5.11 Å². The van der Waals surface area contributed by atoms with Gasteiger partial charge in [-0.1, -0.05) is 32.0 Å². The van der Waals surface area contributed by atoms with Crippen LogP contribution in [0.25, 0.3) is 0 Å². The van der Waals surface area contributed by atoms with E-state index in [4.69, 9.17) is 0 Å². The number of rotatable bonds is 2. The van der Waals surface area contributed by atoms with Crippen molar-refractivity contribution < 1.29 is 5.11 Å². The average molecular weight is 218 g/mol. The molecule has 1 heteroatoms. The van der Waals surface area contributed by atoms with Crippen molar-refractivity contribution in [1.29, 1.82) is 0 Å². The first-order valence-electron chi connectivity index (χ1n) is 6.36. The summed E-state index contributed by atoms with van der Waals surface area (Å²) < 4.78 is 0. The molecule has 1 aliphatic carbocycles. The van der Waals surface area contributed by atoms with Crippen molar-refractivity contribution >= 4 is 0 Å². The molecule has 2 rings (SSSR count). The third-order valence-corrected chi connectivity index (χ3v) is 4.06. The molecular weight excluding hydrogens is 196 g/mol. The van der Waals surface area contributed by atoms with E-state index >= 15 is 0 Å². The average Bonchev–Trinajstić information content (AvgIpc) is 2.28. The van der Waals surface area contributed by atoms with Crippen molar-refractivity contribution in [3.05, 3.63) is 34.9 Å². The van der Waals surface area contributed by atoms with Crippen LogP contribution in [0.2, 0.25) is 0 Å². The first-order chi connectivity index (χ1) is 7.51. The molecule has 0 bridgehead atoms. The molecule has 0 radical (unpaired) electrons. The number of benzene rings is 1. The van der Waals surface area contributed by atoms with Crippen LogP contribution in [-0.4, -0.2) is 5.11 Å². The molecule has 1 aromatic rings. The Morgan fingerprint density at radius 3 is 2.38 bits per heavy atom. The van der Waals surface area contributed by atoms with Gasteiger partial charge in [-0.25, -0.2) is 0 Å². The van der Waals surface area contributed by atoms with Crippen LogP contribution in [0.4, 0.5) is 0 Å². The summed E-state index contributed by atoms with van der Waals surface area (Å²) in [7, 11) is 0. The van der Waals surface area contributed by atoms with Crippen LogP contribution in [0.15, 0.2) is 18.2 Å². The molecule has 0 saturated heterocycles. The molecule has 16 heavy (non-hydrogen) atoms. The Bertz CT molecular complexity index is 377. The predicted molar refractivity (Wildman–Crippen MR) is 67.5 cm³/mol. The normalized spacial score (nSPS) is 19.3. The van der Waals surface area contributed by atoms with Gasteiger partial charge >= 0.3 is 0 Å². The molecule has 0 aliphatic heterocycles. The van der Waals surface area contributed by atoms with Gasteiger partial charge in [-0.15, -0.1) is 0 Å². The maximum atomic E-state index is 10.5. The molecular formula is C15H22O. The minimum Gasteiger partial charge on any atom is -0.385 e. The van der Waals surface area contributed by atoms with Crippen molar-refractivity contribution in [1.82, 2.24) is 0 Å². The maximum Gasteiger partial charge on any atom is 0.0891 e. The van der Waals surface area contributed by atoms with Gasteiger partial charge in [0.15, 0.2) is 0 Å². The van der Waals surface area contributed by atoms with Crippen LogP contribution >= 0.6 is 0 Å². The van der Waals surface area contributed by atoms with Gasteiger partial charge in [-0.2, -0.15) is 0 Å². The van der Waals surface area contributed by atoms with E-state index in [1.54, 1.807) is 0 Å². The van der Waals surface area contributed by atoms with Gasteiger partial charge in [0.25, 0.3) is 0 Å². The number of hydrogen-bond acceptors (Lipinski definition) is 1. The van der Waals surface area contributed by atoms with Gasteiger partial charge in [0.05, 0.1) is 5.60 Å². The molecule has 1 aromatic carbocycles. The lowest BCUT2D eigenvalue weighted by atomic mass is 9.81. The van der Waals surface area contributed by atoms with E-state index in [1.807, 2.05) is 6.92 Å². The van der Waals surface area contributed by atoms with Crippen LogP contribution in [0.1, 0.15) is 50.3 Å². The van der Waals surface area contributed by atoms with E-state index in [9.17, 15) is 5.11 Å². The largest absolute Gasteiger partial charge is 0.385 e. The highest BCUT2D eigenvalue weighted by Gasteiger charge is 2.27. The Labute approximate surface area is 98.5 Å². The molecule has 1 atom stereocenters. The SMILES string of the molecule is CC(C)C(C)(O)c1ccc2c(c1)CCCC2. The minimum absolute atomic E-state index is 0.245. The van der Waals surface area contributed by atoms with Gasteiger partial charge in [-0.05, 0) is 55.2 Å². The van der Waals surface area contributed by atoms with E-state index in [2.05, 4.69) is 32.0 Å². The molecule has 0 fully saturated rings. The van der Waals surface area contributed by atoms with Crippen LogP contribution in [0.5, 0.6) is 0 Å². The number of fused-ring (bicyclic) bond motifs is 1. The van der Waals surface area contributed by atoms with Gasteiger partial charge in [0.2, 0.25) is 0 Å². The van der Waals surface area contributed by atoms with Crippen LogP contribution in [-0.2, 0) is 18.4 Å². The van der Waals surface area contributed by atoms with Crippen molar-refractivity contribution in [2.24, 2.45) is 5.92 Å². The van der Waals surface area contributed by atoms with Gasteiger partial charge in [0, 0.05) is 0 Å². The molecule has 0 spiro atoms. The quantitative estimate of drug-likeness (QED) is 0.806. The topological polar surface area (TPSA) is 20.2 Å². The molecule has 0 aromatic heterocycles. The smallest absolute Gasteiger partial charge is 0.0891 e. The molecule has 0 heterocycles. The summed E-state index contributed by atoms with van der Waals surface area (Å²) in [6.45, 7) is 6.06.